The van der Waals surface area contributed by atoms with Gasteiger partial charge in [-0.05, 0) is 44.9 Å². The number of unbranched alkanes of at least 4 members (excludes halogenated alkanes) is 21. The Hall–Kier alpha value is -2.11. The second kappa shape index (κ2) is 37.7. The smallest absolute Gasteiger partial charge is 0.306 e. The summed E-state index contributed by atoms with van der Waals surface area (Å²) in [7, 11) is 0. The first-order chi connectivity index (χ1) is 23.5. The Morgan fingerprint density at radius 3 is 1.25 bits per heavy atom. The van der Waals surface area contributed by atoms with Gasteiger partial charge < -0.3 is 14.2 Å². The Morgan fingerprint density at radius 2 is 0.812 bits per heavy atom. The zero-order chi connectivity index (χ0) is 35.2. The quantitative estimate of drug-likeness (QED) is 0.0284. The second-order valence-electron chi connectivity index (χ2n) is 13.5. The minimum Gasteiger partial charge on any atom is -0.462 e. The SMILES string of the molecule is CC/C=C\C/C=C\CCCCCCCC(=O)OCC(COC(=O)CCCCCCCCCCC)OC(=O)CCCCCCCCCCC. The molecule has 0 bridgehead atoms. The number of allylic oxidation sites excluding steroid dienone is 4. The van der Waals surface area contributed by atoms with Crippen LogP contribution in [-0.4, -0.2) is 37.2 Å². The molecule has 0 aromatic heterocycles. The standard InChI is InChI=1S/C42H76O6/c1-4-7-10-13-16-19-20-21-24-26-29-32-35-41(44)47-38-39(48-42(45)36-33-30-27-23-18-15-12-9-6-3)37-46-40(43)34-31-28-25-22-17-14-11-8-5-2/h7,10,16,19,39H,4-6,8-9,11-15,17-18,20-38H2,1-3H3/b10-7-,19-16-. The van der Waals surface area contributed by atoms with Gasteiger partial charge in [0.1, 0.15) is 13.2 Å². The van der Waals surface area contributed by atoms with Crippen molar-refractivity contribution in [1.29, 1.82) is 0 Å². The van der Waals surface area contributed by atoms with Gasteiger partial charge in [-0.25, -0.2) is 0 Å². The molecule has 48 heavy (non-hydrogen) atoms. The maximum Gasteiger partial charge on any atom is 0.306 e. The average molecular weight is 677 g/mol. The molecule has 6 nitrogen and oxygen atoms in total. The van der Waals surface area contributed by atoms with Crippen LogP contribution in [-0.2, 0) is 28.6 Å². The monoisotopic (exact) mass is 677 g/mol. The van der Waals surface area contributed by atoms with Gasteiger partial charge in [-0.3, -0.25) is 14.4 Å². The minimum atomic E-state index is -0.766. The van der Waals surface area contributed by atoms with Gasteiger partial charge in [0, 0.05) is 19.3 Å². The van der Waals surface area contributed by atoms with Gasteiger partial charge in [-0.2, -0.15) is 0 Å². The molecule has 0 fully saturated rings. The number of carbonyl (C=O) groups excluding carboxylic acids is 3. The van der Waals surface area contributed by atoms with Crippen molar-refractivity contribution < 1.29 is 28.6 Å². The number of hydrogen-bond donors (Lipinski definition) is 0. The van der Waals surface area contributed by atoms with E-state index in [-0.39, 0.29) is 31.1 Å². The summed E-state index contributed by atoms with van der Waals surface area (Å²) in [4.78, 5) is 37.4. The van der Waals surface area contributed by atoms with Crippen LogP contribution in [0.2, 0.25) is 0 Å². The van der Waals surface area contributed by atoms with E-state index >= 15 is 0 Å². The summed E-state index contributed by atoms with van der Waals surface area (Å²) in [6.07, 6.45) is 38.8. The lowest BCUT2D eigenvalue weighted by Crippen LogP contribution is -2.30. The van der Waals surface area contributed by atoms with Gasteiger partial charge in [0.05, 0.1) is 0 Å². The van der Waals surface area contributed by atoms with Crippen LogP contribution < -0.4 is 0 Å². The van der Waals surface area contributed by atoms with E-state index in [2.05, 4.69) is 45.1 Å². The van der Waals surface area contributed by atoms with E-state index in [0.717, 1.165) is 83.5 Å². The molecule has 0 radical (unpaired) electrons. The first-order valence-corrected chi connectivity index (χ1v) is 20.3. The number of esters is 3. The van der Waals surface area contributed by atoms with Crippen LogP contribution in [0.5, 0.6) is 0 Å². The molecule has 280 valence electrons. The van der Waals surface area contributed by atoms with Gasteiger partial charge in [0.2, 0.25) is 0 Å². The zero-order valence-corrected chi connectivity index (χ0v) is 31.8. The molecule has 0 aromatic carbocycles. The predicted octanol–water partition coefficient (Wildman–Crippen LogP) is 12.5. The molecule has 0 N–H and O–H groups in total. The Labute approximate surface area is 296 Å². The summed E-state index contributed by atoms with van der Waals surface area (Å²) in [5, 5.41) is 0. The Morgan fingerprint density at radius 1 is 0.438 bits per heavy atom. The summed E-state index contributed by atoms with van der Waals surface area (Å²) in [5.74, 6) is -0.895. The van der Waals surface area contributed by atoms with Crippen molar-refractivity contribution in [2.75, 3.05) is 13.2 Å². The van der Waals surface area contributed by atoms with Crippen molar-refractivity contribution in [1.82, 2.24) is 0 Å². The molecule has 0 saturated heterocycles. The van der Waals surface area contributed by atoms with Gasteiger partial charge in [0.25, 0.3) is 0 Å². The number of hydrogen-bond acceptors (Lipinski definition) is 6. The van der Waals surface area contributed by atoms with E-state index in [0.29, 0.717) is 19.3 Å². The highest BCUT2D eigenvalue weighted by Crippen LogP contribution is 2.14. The van der Waals surface area contributed by atoms with E-state index in [4.69, 9.17) is 14.2 Å². The van der Waals surface area contributed by atoms with Crippen molar-refractivity contribution in [2.24, 2.45) is 0 Å². The van der Waals surface area contributed by atoms with Crippen LogP contribution in [0.25, 0.3) is 0 Å². The molecule has 6 heteroatoms. The summed E-state index contributed by atoms with van der Waals surface area (Å²) in [6.45, 7) is 6.46. The fourth-order valence-electron chi connectivity index (χ4n) is 5.65. The Balaban J connectivity index is 4.36. The summed E-state index contributed by atoms with van der Waals surface area (Å²) < 4.78 is 16.6. The molecular formula is C42H76O6. The summed E-state index contributed by atoms with van der Waals surface area (Å²) in [6, 6.07) is 0. The predicted molar refractivity (Wildman–Crippen MR) is 201 cm³/mol. The topological polar surface area (TPSA) is 78.9 Å². The molecule has 0 rings (SSSR count). The van der Waals surface area contributed by atoms with Crippen LogP contribution >= 0.6 is 0 Å². The van der Waals surface area contributed by atoms with Gasteiger partial charge in [0.15, 0.2) is 6.10 Å². The third-order valence-corrected chi connectivity index (χ3v) is 8.72. The van der Waals surface area contributed by atoms with Crippen molar-refractivity contribution in [3.63, 3.8) is 0 Å². The Bertz CT molecular complexity index is 789. The van der Waals surface area contributed by atoms with Crippen molar-refractivity contribution >= 4 is 17.9 Å². The largest absolute Gasteiger partial charge is 0.462 e. The lowest BCUT2D eigenvalue weighted by Gasteiger charge is -2.18. The lowest BCUT2D eigenvalue weighted by molar-refractivity contribution is -0.167. The van der Waals surface area contributed by atoms with Crippen molar-refractivity contribution in [3.8, 4) is 0 Å². The van der Waals surface area contributed by atoms with Crippen LogP contribution in [0.3, 0.4) is 0 Å². The average Bonchev–Trinajstić information content (AvgIpc) is 3.08. The maximum atomic E-state index is 12.6. The molecule has 0 aliphatic rings. The van der Waals surface area contributed by atoms with Gasteiger partial charge in [-0.15, -0.1) is 0 Å². The highest BCUT2D eigenvalue weighted by atomic mass is 16.6. The summed E-state index contributed by atoms with van der Waals surface area (Å²) >= 11 is 0. The zero-order valence-electron chi connectivity index (χ0n) is 31.8. The normalized spacial score (nSPS) is 12.1. The molecule has 0 amide bonds. The summed E-state index contributed by atoms with van der Waals surface area (Å²) in [5.41, 5.74) is 0. The van der Waals surface area contributed by atoms with Crippen LogP contribution in [0.4, 0.5) is 0 Å². The van der Waals surface area contributed by atoms with Crippen LogP contribution in [0.15, 0.2) is 24.3 Å². The van der Waals surface area contributed by atoms with E-state index < -0.39 is 6.10 Å². The van der Waals surface area contributed by atoms with Gasteiger partial charge >= 0.3 is 17.9 Å². The first kappa shape index (κ1) is 45.9. The van der Waals surface area contributed by atoms with E-state index in [1.54, 1.807) is 0 Å². The molecule has 1 atom stereocenters. The van der Waals surface area contributed by atoms with E-state index in [1.807, 2.05) is 0 Å². The lowest BCUT2D eigenvalue weighted by atomic mass is 10.1. The fraction of sp³-hybridized carbons (Fsp3) is 0.833. The highest BCUT2D eigenvalue weighted by molar-refractivity contribution is 5.71. The first-order valence-electron chi connectivity index (χ1n) is 20.3. The molecular weight excluding hydrogens is 600 g/mol. The second-order valence-corrected chi connectivity index (χ2v) is 13.5. The van der Waals surface area contributed by atoms with Crippen LogP contribution in [0, 0.1) is 0 Å². The maximum absolute atomic E-state index is 12.6. The third-order valence-electron chi connectivity index (χ3n) is 8.72. The van der Waals surface area contributed by atoms with E-state index in [9.17, 15) is 14.4 Å². The van der Waals surface area contributed by atoms with Gasteiger partial charge in [-0.1, -0.05) is 167 Å². The molecule has 0 aliphatic heterocycles. The molecule has 0 heterocycles. The number of rotatable bonds is 36. The van der Waals surface area contributed by atoms with E-state index in [1.165, 1.54) is 83.5 Å². The molecule has 1 unspecified atom stereocenters. The van der Waals surface area contributed by atoms with Crippen molar-refractivity contribution in [2.45, 2.75) is 213 Å². The van der Waals surface area contributed by atoms with Crippen LogP contribution in [0.1, 0.15) is 207 Å². The molecule has 0 aliphatic carbocycles. The highest BCUT2D eigenvalue weighted by Gasteiger charge is 2.19. The molecule has 0 saturated carbocycles. The number of ether oxygens (including phenoxy) is 3. The number of carbonyl (C=O) groups is 3. The molecule has 0 aromatic rings. The van der Waals surface area contributed by atoms with Crippen molar-refractivity contribution in [3.05, 3.63) is 24.3 Å². The Kier molecular flexibility index (Phi) is 36.0. The minimum absolute atomic E-state index is 0.0730. The third kappa shape index (κ3) is 35.2. The molecule has 0 spiro atoms. The fourth-order valence-corrected chi connectivity index (χ4v) is 5.65.